The van der Waals surface area contributed by atoms with Gasteiger partial charge in [0, 0.05) is 30.4 Å². The summed E-state index contributed by atoms with van der Waals surface area (Å²) in [4.78, 5) is 11.7. The molecule has 3 rings (SSSR count). The Balaban J connectivity index is 1.82. The molecule has 1 fully saturated rings. The van der Waals surface area contributed by atoms with E-state index in [1.165, 1.54) is 49.2 Å². The molecule has 1 atom stereocenters. The van der Waals surface area contributed by atoms with E-state index < -0.39 is 0 Å². The number of rotatable bonds is 3. The Morgan fingerprint density at radius 1 is 1.20 bits per heavy atom. The Hall–Kier alpha value is -1.16. The summed E-state index contributed by atoms with van der Waals surface area (Å²) in [5, 5.41) is 3.59. The van der Waals surface area contributed by atoms with Gasteiger partial charge >= 0.3 is 0 Å². The first-order valence-electron chi connectivity index (χ1n) is 8.19. The van der Waals surface area contributed by atoms with E-state index in [-0.39, 0.29) is 0 Å². The normalized spacial score (nSPS) is 23.2. The van der Waals surface area contributed by atoms with Gasteiger partial charge in [0.2, 0.25) is 0 Å². The molecule has 0 radical (unpaired) electrons. The van der Waals surface area contributed by atoms with E-state index in [4.69, 9.17) is 0 Å². The lowest BCUT2D eigenvalue weighted by Gasteiger charge is -2.35. The number of hydrogen-bond donors (Lipinski definition) is 1. The van der Waals surface area contributed by atoms with Crippen LogP contribution in [-0.4, -0.2) is 35.6 Å². The van der Waals surface area contributed by atoms with Gasteiger partial charge in [0.05, 0.1) is 0 Å². The molecule has 0 spiro atoms. The highest BCUT2D eigenvalue weighted by molar-refractivity contribution is 5.49. The van der Waals surface area contributed by atoms with E-state index >= 15 is 0 Å². The summed E-state index contributed by atoms with van der Waals surface area (Å²) in [6.45, 7) is 5.48. The molecule has 1 N–H and O–H groups in total. The fourth-order valence-electron chi connectivity index (χ4n) is 3.58. The number of piperidine rings is 1. The second kappa shape index (κ2) is 6.53. The Kier molecular flexibility index (Phi) is 4.51. The van der Waals surface area contributed by atoms with Gasteiger partial charge in [-0.25, -0.2) is 9.97 Å². The van der Waals surface area contributed by atoms with Gasteiger partial charge in [0.1, 0.15) is 12.1 Å². The SMILES string of the molecule is CCNC1CCCN(c2ncnc3c2CCCCC3)C1. The van der Waals surface area contributed by atoms with Crippen LogP contribution in [0.2, 0.25) is 0 Å². The van der Waals surface area contributed by atoms with E-state index in [1.807, 2.05) is 0 Å². The van der Waals surface area contributed by atoms with Crippen molar-refractivity contribution in [2.45, 2.75) is 57.9 Å². The monoisotopic (exact) mass is 274 g/mol. The quantitative estimate of drug-likeness (QED) is 0.859. The fraction of sp³-hybridized carbons (Fsp3) is 0.750. The van der Waals surface area contributed by atoms with Crippen LogP contribution >= 0.6 is 0 Å². The van der Waals surface area contributed by atoms with Crippen molar-refractivity contribution in [3.63, 3.8) is 0 Å². The van der Waals surface area contributed by atoms with Crippen LogP contribution in [0.4, 0.5) is 5.82 Å². The lowest BCUT2D eigenvalue weighted by atomic mass is 10.0. The van der Waals surface area contributed by atoms with Gasteiger partial charge in [-0.05, 0) is 45.1 Å². The van der Waals surface area contributed by atoms with Gasteiger partial charge < -0.3 is 10.2 Å². The van der Waals surface area contributed by atoms with Crippen LogP contribution in [0, 0.1) is 0 Å². The number of likely N-dealkylation sites (N-methyl/N-ethyl adjacent to an activating group) is 1. The molecule has 1 unspecified atom stereocenters. The molecule has 1 aromatic rings. The van der Waals surface area contributed by atoms with E-state index in [2.05, 4.69) is 27.1 Å². The highest BCUT2D eigenvalue weighted by atomic mass is 15.2. The molecule has 0 aromatic carbocycles. The molecule has 2 heterocycles. The average Bonchev–Trinajstić information content (AvgIpc) is 2.73. The second-order valence-corrected chi connectivity index (χ2v) is 6.03. The number of nitrogens with one attached hydrogen (secondary N) is 1. The van der Waals surface area contributed by atoms with Gasteiger partial charge in [0.25, 0.3) is 0 Å². The maximum Gasteiger partial charge on any atom is 0.135 e. The van der Waals surface area contributed by atoms with Gasteiger partial charge in [-0.1, -0.05) is 13.3 Å². The van der Waals surface area contributed by atoms with Crippen LogP contribution in [0.5, 0.6) is 0 Å². The van der Waals surface area contributed by atoms with Gasteiger partial charge in [0.15, 0.2) is 0 Å². The van der Waals surface area contributed by atoms with E-state index in [9.17, 15) is 0 Å². The molecule has 20 heavy (non-hydrogen) atoms. The predicted molar refractivity (Wildman–Crippen MR) is 82.2 cm³/mol. The number of aryl methyl sites for hydroxylation is 1. The van der Waals surface area contributed by atoms with Gasteiger partial charge in [-0.3, -0.25) is 0 Å². The molecule has 110 valence electrons. The number of fused-ring (bicyclic) bond motifs is 1. The zero-order valence-electron chi connectivity index (χ0n) is 12.6. The van der Waals surface area contributed by atoms with Crippen LogP contribution < -0.4 is 10.2 Å². The van der Waals surface area contributed by atoms with Gasteiger partial charge in [-0.15, -0.1) is 0 Å². The molecule has 1 aliphatic heterocycles. The largest absolute Gasteiger partial charge is 0.355 e. The average molecular weight is 274 g/mol. The number of hydrogen-bond acceptors (Lipinski definition) is 4. The highest BCUT2D eigenvalue weighted by Gasteiger charge is 2.24. The first-order valence-corrected chi connectivity index (χ1v) is 8.19. The van der Waals surface area contributed by atoms with Crippen LogP contribution in [-0.2, 0) is 12.8 Å². The third-order valence-electron chi connectivity index (χ3n) is 4.57. The van der Waals surface area contributed by atoms with Crippen LogP contribution in [0.1, 0.15) is 50.3 Å². The molecule has 1 saturated heterocycles. The van der Waals surface area contributed by atoms with Crippen molar-refractivity contribution in [2.75, 3.05) is 24.5 Å². The molecule has 0 saturated carbocycles. The van der Waals surface area contributed by atoms with Crippen molar-refractivity contribution in [3.8, 4) is 0 Å². The highest BCUT2D eigenvalue weighted by Crippen LogP contribution is 2.28. The third-order valence-corrected chi connectivity index (χ3v) is 4.57. The van der Waals surface area contributed by atoms with E-state index in [0.717, 1.165) is 32.5 Å². The molecule has 1 aliphatic carbocycles. The van der Waals surface area contributed by atoms with Crippen molar-refractivity contribution in [1.29, 1.82) is 0 Å². The smallest absolute Gasteiger partial charge is 0.135 e. The van der Waals surface area contributed by atoms with Crippen molar-refractivity contribution >= 4 is 5.82 Å². The molecule has 0 bridgehead atoms. The molecule has 4 heteroatoms. The second-order valence-electron chi connectivity index (χ2n) is 6.03. The summed E-state index contributed by atoms with van der Waals surface area (Å²) >= 11 is 0. The molecule has 0 amide bonds. The minimum atomic E-state index is 0.616. The maximum absolute atomic E-state index is 4.64. The van der Waals surface area contributed by atoms with E-state index in [0.29, 0.717) is 6.04 Å². The van der Waals surface area contributed by atoms with Crippen LogP contribution in [0.3, 0.4) is 0 Å². The third kappa shape index (κ3) is 2.95. The summed E-state index contributed by atoms with van der Waals surface area (Å²) < 4.78 is 0. The minimum Gasteiger partial charge on any atom is -0.355 e. The summed E-state index contributed by atoms with van der Waals surface area (Å²) in [5.41, 5.74) is 2.74. The standard InChI is InChI=1S/C16H26N4/c1-2-17-13-7-6-10-20(11-13)16-14-8-4-3-5-9-15(14)18-12-19-16/h12-13,17H,2-11H2,1H3. The Morgan fingerprint density at radius 2 is 2.10 bits per heavy atom. The molecule has 4 nitrogen and oxygen atoms in total. The zero-order valence-corrected chi connectivity index (χ0v) is 12.6. The van der Waals surface area contributed by atoms with Crippen molar-refractivity contribution in [2.24, 2.45) is 0 Å². The first-order chi connectivity index (χ1) is 9.88. The Bertz CT molecular complexity index is 444. The van der Waals surface area contributed by atoms with Crippen LogP contribution in [0.15, 0.2) is 6.33 Å². The van der Waals surface area contributed by atoms with E-state index in [1.54, 1.807) is 6.33 Å². The van der Waals surface area contributed by atoms with Gasteiger partial charge in [-0.2, -0.15) is 0 Å². The minimum absolute atomic E-state index is 0.616. The van der Waals surface area contributed by atoms with Crippen LogP contribution in [0.25, 0.3) is 0 Å². The van der Waals surface area contributed by atoms with Crippen molar-refractivity contribution < 1.29 is 0 Å². The Labute approximate surface area is 122 Å². The van der Waals surface area contributed by atoms with Crippen molar-refractivity contribution in [3.05, 3.63) is 17.6 Å². The lowest BCUT2D eigenvalue weighted by molar-refractivity contribution is 0.429. The molecule has 1 aromatic heterocycles. The maximum atomic E-state index is 4.64. The number of nitrogens with zero attached hydrogens (tertiary/aromatic N) is 3. The Morgan fingerprint density at radius 3 is 3.00 bits per heavy atom. The first kappa shape index (κ1) is 13.8. The number of anilines is 1. The lowest BCUT2D eigenvalue weighted by Crippen LogP contribution is -2.46. The fourth-order valence-corrected chi connectivity index (χ4v) is 3.58. The summed E-state index contributed by atoms with van der Waals surface area (Å²) in [5.74, 6) is 1.22. The molecular weight excluding hydrogens is 248 g/mol. The molecule has 2 aliphatic rings. The topological polar surface area (TPSA) is 41.0 Å². The molecular formula is C16H26N4. The predicted octanol–water partition coefficient (Wildman–Crippen LogP) is 2.32. The summed E-state index contributed by atoms with van der Waals surface area (Å²) in [7, 11) is 0. The zero-order chi connectivity index (χ0) is 13.8. The summed E-state index contributed by atoms with van der Waals surface area (Å²) in [6, 6.07) is 0.616. The summed E-state index contributed by atoms with van der Waals surface area (Å²) in [6.07, 6.45) is 10.5. The van der Waals surface area contributed by atoms with Crippen molar-refractivity contribution in [1.82, 2.24) is 15.3 Å². The number of aromatic nitrogens is 2.